The molecular formula is C17H24N4O2. The summed E-state index contributed by atoms with van der Waals surface area (Å²) in [5.41, 5.74) is 1.63. The molecule has 0 spiro atoms. The fourth-order valence-electron chi connectivity index (χ4n) is 3.09. The SMILES string of the molecule is CCCc1cc(C(=O)N2CCC(Cn3cc(C)cn3)CC2)no1. The molecule has 1 fully saturated rings. The van der Waals surface area contributed by atoms with Crippen LogP contribution in [0, 0.1) is 12.8 Å². The largest absolute Gasteiger partial charge is 0.361 e. The van der Waals surface area contributed by atoms with Crippen molar-refractivity contribution in [1.29, 1.82) is 0 Å². The molecule has 23 heavy (non-hydrogen) atoms. The predicted molar refractivity (Wildman–Crippen MR) is 86.1 cm³/mol. The van der Waals surface area contributed by atoms with Gasteiger partial charge in [0.25, 0.3) is 5.91 Å². The van der Waals surface area contributed by atoms with Crippen LogP contribution in [0.3, 0.4) is 0 Å². The zero-order valence-corrected chi connectivity index (χ0v) is 13.9. The number of carbonyl (C=O) groups excluding carboxylic acids is 1. The van der Waals surface area contributed by atoms with Crippen molar-refractivity contribution in [3.05, 3.63) is 35.5 Å². The summed E-state index contributed by atoms with van der Waals surface area (Å²) in [6, 6.07) is 1.78. The number of carbonyl (C=O) groups is 1. The fraction of sp³-hybridized carbons (Fsp3) is 0.588. The molecule has 6 nitrogen and oxygen atoms in total. The lowest BCUT2D eigenvalue weighted by atomic mass is 9.96. The third-order valence-electron chi connectivity index (χ3n) is 4.38. The molecule has 2 aromatic heterocycles. The first kappa shape index (κ1) is 15.8. The Labute approximate surface area is 136 Å². The molecule has 3 heterocycles. The number of nitrogens with zero attached hydrogens (tertiary/aromatic N) is 4. The van der Waals surface area contributed by atoms with Crippen LogP contribution in [0.25, 0.3) is 0 Å². The van der Waals surface area contributed by atoms with Gasteiger partial charge in [-0.25, -0.2) is 0 Å². The zero-order valence-electron chi connectivity index (χ0n) is 13.9. The molecule has 6 heteroatoms. The van der Waals surface area contributed by atoms with Gasteiger partial charge in [0.05, 0.1) is 6.20 Å². The molecule has 2 aromatic rings. The summed E-state index contributed by atoms with van der Waals surface area (Å²) in [5.74, 6) is 1.36. The molecule has 0 aliphatic carbocycles. The van der Waals surface area contributed by atoms with E-state index in [1.54, 1.807) is 6.07 Å². The van der Waals surface area contributed by atoms with Crippen molar-refractivity contribution in [3.63, 3.8) is 0 Å². The van der Waals surface area contributed by atoms with Crippen LogP contribution in [-0.2, 0) is 13.0 Å². The van der Waals surface area contributed by atoms with Crippen LogP contribution in [0.2, 0.25) is 0 Å². The van der Waals surface area contributed by atoms with Gasteiger partial charge in [0.1, 0.15) is 5.76 Å². The van der Waals surface area contributed by atoms with Crippen molar-refractivity contribution < 1.29 is 9.32 Å². The van der Waals surface area contributed by atoms with E-state index >= 15 is 0 Å². The monoisotopic (exact) mass is 316 g/mol. The molecule has 1 saturated heterocycles. The van der Waals surface area contributed by atoms with E-state index in [1.165, 1.54) is 5.56 Å². The average Bonchev–Trinajstić information content (AvgIpc) is 3.17. The molecule has 0 unspecified atom stereocenters. The van der Waals surface area contributed by atoms with Crippen molar-refractivity contribution in [2.45, 2.75) is 46.1 Å². The van der Waals surface area contributed by atoms with E-state index in [9.17, 15) is 4.79 Å². The van der Waals surface area contributed by atoms with Crippen molar-refractivity contribution in [2.24, 2.45) is 5.92 Å². The van der Waals surface area contributed by atoms with Crippen LogP contribution in [-0.4, -0.2) is 38.8 Å². The maximum absolute atomic E-state index is 12.5. The number of piperidine rings is 1. The standard InChI is InChI=1S/C17H24N4O2/c1-3-4-15-9-16(19-23-15)17(22)20-7-5-14(6-8-20)12-21-11-13(2)10-18-21/h9-11,14H,3-8,12H2,1-2H3. The summed E-state index contributed by atoms with van der Waals surface area (Å²) in [6.45, 7) is 6.62. The van der Waals surface area contributed by atoms with Crippen LogP contribution in [0.1, 0.15) is 48.0 Å². The number of hydrogen-bond acceptors (Lipinski definition) is 4. The summed E-state index contributed by atoms with van der Waals surface area (Å²) < 4.78 is 7.22. The molecule has 0 aromatic carbocycles. The molecule has 3 rings (SSSR count). The summed E-state index contributed by atoms with van der Waals surface area (Å²) >= 11 is 0. The van der Waals surface area contributed by atoms with E-state index in [-0.39, 0.29) is 5.91 Å². The van der Waals surface area contributed by atoms with Gasteiger partial charge in [0.2, 0.25) is 0 Å². The second kappa shape index (κ2) is 6.98. The smallest absolute Gasteiger partial charge is 0.276 e. The Hall–Kier alpha value is -2.11. The third kappa shape index (κ3) is 3.81. The second-order valence-electron chi connectivity index (χ2n) is 6.40. The van der Waals surface area contributed by atoms with Gasteiger partial charge in [0, 0.05) is 38.3 Å². The van der Waals surface area contributed by atoms with Crippen LogP contribution < -0.4 is 0 Å². The highest BCUT2D eigenvalue weighted by atomic mass is 16.5. The number of rotatable bonds is 5. The van der Waals surface area contributed by atoms with Gasteiger partial charge < -0.3 is 9.42 Å². The van der Waals surface area contributed by atoms with Crippen molar-refractivity contribution in [2.75, 3.05) is 13.1 Å². The van der Waals surface area contributed by atoms with Crippen LogP contribution in [0.5, 0.6) is 0 Å². The molecule has 0 radical (unpaired) electrons. The molecule has 1 aliphatic rings. The summed E-state index contributed by atoms with van der Waals surface area (Å²) in [7, 11) is 0. The zero-order chi connectivity index (χ0) is 16.2. The van der Waals surface area contributed by atoms with E-state index in [0.29, 0.717) is 11.6 Å². The van der Waals surface area contributed by atoms with Crippen LogP contribution in [0.15, 0.2) is 23.0 Å². The second-order valence-corrected chi connectivity index (χ2v) is 6.40. The quantitative estimate of drug-likeness (QED) is 0.851. The number of amides is 1. The highest BCUT2D eigenvalue weighted by Gasteiger charge is 2.25. The highest BCUT2D eigenvalue weighted by Crippen LogP contribution is 2.21. The van der Waals surface area contributed by atoms with Gasteiger partial charge in [-0.15, -0.1) is 0 Å². The van der Waals surface area contributed by atoms with Gasteiger partial charge in [-0.1, -0.05) is 12.1 Å². The van der Waals surface area contributed by atoms with Crippen molar-refractivity contribution in [3.8, 4) is 0 Å². The Kier molecular flexibility index (Phi) is 4.79. The number of hydrogen-bond donors (Lipinski definition) is 0. The molecular weight excluding hydrogens is 292 g/mol. The fourth-order valence-corrected chi connectivity index (χ4v) is 3.09. The van der Waals surface area contributed by atoms with Crippen molar-refractivity contribution >= 4 is 5.91 Å². The summed E-state index contributed by atoms with van der Waals surface area (Å²) in [5, 5.41) is 8.26. The van der Waals surface area contributed by atoms with E-state index in [2.05, 4.69) is 30.3 Å². The highest BCUT2D eigenvalue weighted by molar-refractivity contribution is 5.92. The summed E-state index contributed by atoms with van der Waals surface area (Å²) in [6.07, 6.45) is 7.78. The maximum Gasteiger partial charge on any atom is 0.276 e. The minimum Gasteiger partial charge on any atom is -0.361 e. The Morgan fingerprint density at radius 3 is 2.83 bits per heavy atom. The summed E-state index contributed by atoms with van der Waals surface area (Å²) in [4.78, 5) is 14.4. The van der Waals surface area contributed by atoms with Gasteiger partial charge >= 0.3 is 0 Å². The molecule has 0 N–H and O–H groups in total. The lowest BCUT2D eigenvalue weighted by Gasteiger charge is -2.31. The van der Waals surface area contributed by atoms with Crippen LogP contribution in [0.4, 0.5) is 0 Å². The Morgan fingerprint density at radius 2 is 2.17 bits per heavy atom. The van der Waals surface area contributed by atoms with E-state index < -0.39 is 0 Å². The normalized spacial score (nSPS) is 16.0. The molecule has 0 bridgehead atoms. The van der Waals surface area contributed by atoms with Gasteiger partial charge in [-0.2, -0.15) is 5.10 Å². The van der Waals surface area contributed by atoms with Gasteiger partial charge in [-0.3, -0.25) is 9.48 Å². The molecule has 0 atom stereocenters. The molecule has 1 aliphatic heterocycles. The minimum absolute atomic E-state index is 0.00973. The first-order valence-electron chi connectivity index (χ1n) is 8.39. The molecule has 1 amide bonds. The third-order valence-corrected chi connectivity index (χ3v) is 4.38. The van der Waals surface area contributed by atoms with Gasteiger partial charge in [0.15, 0.2) is 5.69 Å². The number of likely N-dealkylation sites (tertiary alicyclic amines) is 1. The van der Waals surface area contributed by atoms with E-state index in [4.69, 9.17) is 4.52 Å². The van der Waals surface area contributed by atoms with Crippen LogP contribution >= 0.6 is 0 Å². The number of aromatic nitrogens is 3. The molecule has 0 saturated carbocycles. The van der Waals surface area contributed by atoms with E-state index in [1.807, 2.05) is 15.8 Å². The lowest BCUT2D eigenvalue weighted by molar-refractivity contribution is 0.0671. The van der Waals surface area contributed by atoms with Gasteiger partial charge in [-0.05, 0) is 37.7 Å². The maximum atomic E-state index is 12.5. The Balaban J connectivity index is 1.52. The topological polar surface area (TPSA) is 64.2 Å². The average molecular weight is 316 g/mol. The Morgan fingerprint density at radius 1 is 1.39 bits per heavy atom. The number of aryl methyl sites for hydroxylation is 2. The minimum atomic E-state index is -0.00973. The predicted octanol–water partition coefficient (Wildman–Crippen LogP) is 2.68. The Bertz CT molecular complexity index is 653. The lowest BCUT2D eigenvalue weighted by Crippen LogP contribution is -2.39. The van der Waals surface area contributed by atoms with E-state index in [0.717, 1.165) is 51.1 Å². The van der Waals surface area contributed by atoms with Crippen molar-refractivity contribution in [1.82, 2.24) is 19.8 Å². The first-order valence-corrected chi connectivity index (χ1v) is 8.39. The first-order chi connectivity index (χ1) is 11.2. The molecule has 124 valence electrons.